The van der Waals surface area contributed by atoms with Crippen LogP contribution < -0.4 is 0 Å². The van der Waals surface area contributed by atoms with Crippen molar-refractivity contribution in [2.45, 2.75) is 51.0 Å². The summed E-state index contributed by atoms with van der Waals surface area (Å²) in [5, 5.41) is 9.39. The van der Waals surface area contributed by atoms with Crippen molar-refractivity contribution in [3.8, 4) is 0 Å². The summed E-state index contributed by atoms with van der Waals surface area (Å²) < 4.78 is 26.0. The molecule has 26 heavy (non-hydrogen) atoms. The number of aromatic nitrogens is 2. The maximum atomic E-state index is 12.1. The molecule has 0 atom stereocenters. The molecule has 0 bridgehead atoms. The molecule has 0 aliphatic heterocycles. The van der Waals surface area contributed by atoms with E-state index in [-0.39, 0.29) is 17.8 Å². The van der Waals surface area contributed by atoms with Gasteiger partial charge < -0.3 is 9.67 Å². The molecular formula is C19H29N3O3S. The number of hydrogen-bond acceptors (Lipinski definition) is 5. The molecule has 0 aliphatic carbocycles. The number of imidazole rings is 1. The Bertz CT molecular complexity index is 786. The van der Waals surface area contributed by atoms with Crippen molar-refractivity contribution in [1.29, 1.82) is 0 Å². The van der Waals surface area contributed by atoms with Gasteiger partial charge in [0.15, 0.2) is 0 Å². The van der Waals surface area contributed by atoms with Crippen LogP contribution in [0.2, 0.25) is 0 Å². The SMILES string of the molecule is CC(C)N(CCO)Cc1cnc(S(C)(=O)=O)n1CCCc1ccccc1. The zero-order chi connectivity index (χ0) is 19.2. The summed E-state index contributed by atoms with van der Waals surface area (Å²) in [5.74, 6) is 0. The molecule has 0 amide bonds. The lowest BCUT2D eigenvalue weighted by Crippen LogP contribution is -2.33. The normalized spacial score (nSPS) is 12.2. The molecule has 0 aliphatic rings. The largest absolute Gasteiger partial charge is 0.395 e. The number of nitrogens with zero attached hydrogens (tertiary/aromatic N) is 3. The van der Waals surface area contributed by atoms with E-state index in [4.69, 9.17) is 0 Å². The minimum atomic E-state index is -3.39. The average molecular weight is 380 g/mol. The fourth-order valence-corrected chi connectivity index (χ4v) is 3.85. The van der Waals surface area contributed by atoms with Crippen LogP contribution in [0.3, 0.4) is 0 Å². The molecule has 6 nitrogen and oxygen atoms in total. The molecule has 0 radical (unpaired) electrons. The van der Waals surface area contributed by atoms with Gasteiger partial charge >= 0.3 is 0 Å². The van der Waals surface area contributed by atoms with E-state index in [9.17, 15) is 13.5 Å². The molecule has 0 spiro atoms. The Labute approximate surface area is 156 Å². The lowest BCUT2D eigenvalue weighted by atomic mass is 10.1. The van der Waals surface area contributed by atoms with Gasteiger partial charge in [-0.25, -0.2) is 13.4 Å². The molecule has 1 N–H and O–H groups in total. The van der Waals surface area contributed by atoms with E-state index in [0.29, 0.717) is 19.6 Å². The first-order chi connectivity index (χ1) is 12.3. The molecular weight excluding hydrogens is 350 g/mol. The number of benzene rings is 1. The van der Waals surface area contributed by atoms with Gasteiger partial charge in [0.25, 0.3) is 0 Å². The van der Waals surface area contributed by atoms with Gasteiger partial charge in [-0.1, -0.05) is 30.3 Å². The van der Waals surface area contributed by atoms with E-state index < -0.39 is 9.84 Å². The molecule has 7 heteroatoms. The van der Waals surface area contributed by atoms with Gasteiger partial charge in [0, 0.05) is 31.9 Å². The number of rotatable bonds is 10. The van der Waals surface area contributed by atoms with Gasteiger partial charge in [-0.15, -0.1) is 0 Å². The average Bonchev–Trinajstić information content (AvgIpc) is 2.98. The Hall–Kier alpha value is -1.70. The maximum absolute atomic E-state index is 12.1. The van der Waals surface area contributed by atoms with Crippen LogP contribution in [0.15, 0.2) is 41.7 Å². The van der Waals surface area contributed by atoms with Crippen LogP contribution in [0.25, 0.3) is 0 Å². The second-order valence-corrected chi connectivity index (χ2v) is 8.74. The molecule has 0 saturated carbocycles. The van der Waals surface area contributed by atoms with E-state index in [1.165, 1.54) is 11.8 Å². The fraction of sp³-hybridized carbons (Fsp3) is 0.526. The zero-order valence-electron chi connectivity index (χ0n) is 15.8. The molecule has 0 saturated heterocycles. The Balaban J connectivity index is 2.19. The van der Waals surface area contributed by atoms with Crippen LogP contribution >= 0.6 is 0 Å². The first-order valence-corrected chi connectivity index (χ1v) is 10.9. The van der Waals surface area contributed by atoms with Crippen molar-refractivity contribution in [2.24, 2.45) is 0 Å². The standard InChI is InChI=1S/C19H29N3O3S/c1-16(2)21(12-13-23)15-18-14-20-19(26(3,24)25)22(18)11-7-10-17-8-5-4-6-9-17/h4-6,8-9,14,16,23H,7,10-13,15H2,1-3H3. The number of aryl methyl sites for hydroxylation is 1. The second kappa shape index (κ2) is 9.30. The van der Waals surface area contributed by atoms with E-state index in [1.54, 1.807) is 6.20 Å². The minimum absolute atomic E-state index is 0.0687. The van der Waals surface area contributed by atoms with Crippen molar-refractivity contribution < 1.29 is 13.5 Å². The zero-order valence-corrected chi connectivity index (χ0v) is 16.6. The van der Waals surface area contributed by atoms with Gasteiger partial charge in [0.2, 0.25) is 15.0 Å². The molecule has 1 aromatic carbocycles. The Morgan fingerprint density at radius 2 is 1.92 bits per heavy atom. The highest BCUT2D eigenvalue weighted by molar-refractivity contribution is 7.90. The van der Waals surface area contributed by atoms with Crippen molar-refractivity contribution in [2.75, 3.05) is 19.4 Å². The van der Waals surface area contributed by atoms with E-state index in [2.05, 4.69) is 35.9 Å². The van der Waals surface area contributed by atoms with Crippen molar-refractivity contribution >= 4 is 9.84 Å². The number of hydrogen-bond donors (Lipinski definition) is 1. The first-order valence-electron chi connectivity index (χ1n) is 8.96. The summed E-state index contributed by atoms with van der Waals surface area (Å²) in [6.07, 6.45) is 4.55. The summed E-state index contributed by atoms with van der Waals surface area (Å²) in [6, 6.07) is 10.4. The highest BCUT2D eigenvalue weighted by atomic mass is 32.2. The lowest BCUT2D eigenvalue weighted by Gasteiger charge is -2.26. The lowest BCUT2D eigenvalue weighted by molar-refractivity contribution is 0.156. The molecule has 144 valence electrons. The quantitative estimate of drug-likeness (QED) is 0.684. The summed E-state index contributed by atoms with van der Waals surface area (Å²) in [5.41, 5.74) is 2.10. The Morgan fingerprint density at radius 1 is 1.23 bits per heavy atom. The highest BCUT2D eigenvalue weighted by Crippen LogP contribution is 2.16. The van der Waals surface area contributed by atoms with Gasteiger partial charge in [0.05, 0.1) is 18.5 Å². The van der Waals surface area contributed by atoms with Crippen molar-refractivity contribution in [3.63, 3.8) is 0 Å². The van der Waals surface area contributed by atoms with E-state index in [0.717, 1.165) is 18.5 Å². The summed E-state index contributed by atoms with van der Waals surface area (Å²) >= 11 is 0. The maximum Gasteiger partial charge on any atom is 0.227 e. The smallest absolute Gasteiger partial charge is 0.227 e. The second-order valence-electron chi connectivity index (χ2n) is 6.83. The molecule has 0 unspecified atom stereocenters. The van der Waals surface area contributed by atoms with Gasteiger partial charge in [-0.05, 0) is 32.3 Å². The van der Waals surface area contributed by atoms with E-state index >= 15 is 0 Å². The van der Waals surface area contributed by atoms with Crippen LogP contribution in [0.1, 0.15) is 31.5 Å². The molecule has 1 aromatic heterocycles. The topological polar surface area (TPSA) is 75.4 Å². The van der Waals surface area contributed by atoms with E-state index in [1.807, 2.05) is 22.8 Å². The van der Waals surface area contributed by atoms with Crippen molar-refractivity contribution in [1.82, 2.24) is 14.5 Å². The fourth-order valence-electron chi connectivity index (χ4n) is 3.00. The number of aliphatic hydroxyl groups excluding tert-OH is 1. The monoisotopic (exact) mass is 379 g/mol. The summed E-state index contributed by atoms with van der Waals surface area (Å²) in [7, 11) is -3.39. The third-order valence-electron chi connectivity index (χ3n) is 4.41. The van der Waals surface area contributed by atoms with Crippen LogP contribution in [0.4, 0.5) is 0 Å². The number of aliphatic hydroxyl groups is 1. The Morgan fingerprint density at radius 3 is 2.50 bits per heavy atom. The summed E-state index contributed by atoms with van der Waals surface area (Å²) in [4.78, 5) is 6.28. The van der Waals surface area contributed by atoms with Crippen LogP contribution in [-0.2, 0) is 29.3 Å². The molecule has 1 heterocycles. The van der Waals surface area contributed by atoms with Gasteiger partial charge in [-0.2, -0.15) is 0 Å². The van der Waals surface area contributed by atoms with Gasteiger partial charge in [-0.3, -0.25) is 4.90 Å². The predicted molar refractivity (Wildman–Crippen MR) is 103 cm³/mol. The van der Waals surface area contributed by atoms with Gasteiger partial charge in [0.1, 0.15) is 0 Å². The molecule has 0 fully saturated rings. The Kier molecular flexibility index (Phi) is 7.37. The first kappa shape index (κ1) is 20.6. The summed E-state index contributed by atoms with van der Waals surface area (Å²) in [6.45, 7) is 5.89. The van der Waals surface area contributed by atoms with Crippen molar-refractivity contribution in [3.05, 3.63) is 47.8 Å². The molecule has 2 rings (SSSR count). The highest BCUT2D eigenvalue weighted by Gasteiger charge is 2.20. The third kappa shape index (κ3) is 5.65. The molecule has 2 aromatic rings. The van der Waals surface area contributed by atoms with Crippen LogP contribution in [0.5, 0.6) is 0 Å². The minimum Gasteiger partial charge on any atom is -0.395 e. The predicted octanol–water partition coefficient (Wildman–Crippen LogP) is 2.12. The third-order valence-corrected chi connectivity index (χ3v) is 5.39. The number of sulfone groups is 1. The van der Waals surface area contributed by atoms with Crippen LogP contribution in [-0.4, -0.2) is 53.4 Å². The van der Waals surface area contributed by atoms with Crippen LogP contribution in [0, 0.1) is 0 Å².